The van der Waals surface area contributed by atoms with E-state index in [1.165, 1.54) is 12.1 Å². The molecule has 4 rings (SSSR count). The quantitative estimate of drug-likeness (QED) is 0.592. The predicted molar refractivity (Wildman–Crippen MR) is 118 cm³/mol. The Balaban J connectivity index is 1.69. The summed E-state index contributed by atoms with van der Waals surface area (Å²) in [5.74, 6) is -0.225. The molecule has 0 saturated carbocycles. The molecular weight excluding hydrogens is 452 g/mol. The van der Waals surface area contributed by atoms with Gasteiger partial charge in [-0.1, -0.05) is 46.3 Å². The number of para-hydroxylation sites is 2. The van der Waals surface area contributed by atoms with Gasteiger partial charge in [0.05, 0.1) is 16.1 Å². The average Bonchev–Trinajstić information content (AvgIpc) is 3.03. The third-order valence-electron chi connectivity index (χ3n) is 4.95. The Hall–Kier alpha value is -2.64. The molecule has 1 N–H and O–H groups in total. The van der Waals surface area contributed by atoms with Crippen LogP contribution in [0.25, 0.3) is 0 Å². The number of rotatable bonds is 4. The highest BCUT2D eigenvalue weighted by Crippen LogP contribution is 2.34. The highest BCUT2D eigenvalue weighted by Gasteiger charge is 2.32. The fourth-order valence-corrected chi connectivity index (χ4v) is 4.92. The fourth-order valence-electron chi connectivity index (χ4n) is 3.58. The molecule has 0 spiro atoms. The van der Waals surface area contributed by atoms with Crippen LogP contribution in [0.3, 0.4) is 0 Å². The first-order valence-corrected chi connectivity index (χ1v) is 11.4. The number of benzene rings is 3. The van der Waals surface area contributed by atoms with Gasteiger partial charge in [0, 0.05) is 16.2 Å². The van der Waals surface area contributed by atoms with E-state index in [0.717, 1.165) is 22.1 Å². The third-order valence-corrected chi connectivity index (χ3v) is 6.86. The van der Waals surface area contributed by atoms with Gasteiger partial charge in [0.25, 0.3) is 15.9 Å². The normalized spacial score (nSPS) is 15.8. The molecule has 1 aliphatic rings. The van der Waals surface area contributed by atoms with E-state index in [-0.39, 0.29) is 22.5 Å². The Bertz CT molecular complexity index is 1180. The van der Waals surface area contributed by atoms with Crippen molar-refractivity contribution in [2.45, 2.75) is 24.3 Å². The zero-order valence-corrected chi connectivity index (χ0v) is 18.1. The van der Waals surface area contributed by atoms with E-state index in [2.05, 4.69) is 20.7 Å². The van der Waals surface area contributed by atoms with Crippen molar-refractivity contribution >= 4 is 43.2 Å². The fraction of sp³-hybridized carbons (Fsp3) is 0.136. The Kier molecular flexibility index (Phi) is 5.19. The number of hydrogen-bond donors (Lipinski definition) is 1. The molecule has 29 heavy (non-hydrogen) atoms. The summed E-state index contributed by atoms with van der Waals surface area (Å²) in [7, 11) is -3.83. The third kappa shape index (κ3) is 3.80. The maximum atomic E-state index is 13.4. The first-order valence-electron chi connectivity index (χ1n) is 9.16. The molecule has 1 atom stereocenters. The summed E-state index contributed by atoms with van der Waals surface area (Å²) in [5.41, 5.74) is 2.56. The van der Waals surface area contributed by atoms with E-state index in [9.17, 15) is 13.2 Å². The van der Waals surface area contributed by atoms with Crippen LogP contribution in [0.4, 0.5) is 11.4 Å². The van der Waals surface area contributed by atoms with Gasteiger partial charge in [0.15, 0.2) is 0 Å². The average molecular weight is 471 g/mol. The summed E-state index contributed by atoms with van der Waals surface area (Å²) in [6, 6.07) is 20.8. The summed E-state index contributed by atoms with van der Waals surface area (Å²) < 4.78 is 29.0. The van der Waals surface area contributed by atoms with Crippen molar-refractivity contribution in [2.75, 3.05) is 9.62 Å². The van der Waals surface area contributed by atoms with E-state index in [1.54, 1.807) is 41.3 Å². The summed E-state index contributed by atoms with van der Waals surface area (Å²) >= 11 is 3.30. The molecule has 148 valence electrons. The zero-order chi connectivity index (χ0) is 20.6. The van der Waals surface area contributed by atoms with Gasteiger partial charge in [-0.25, -0.2) is 8.42 Å². The summed E-state index contributed by atoms with van der Waals surface area (Å²) in [6.45, 7) is 1.99. The van der Waals surface area contributed by atoms with Crippen LogP contribution in [0.2, 0.25) is 0 Å². The Labute approximate surface area is 178 Å². The van der Waals surface area contributed by atoms with E-state index in [0.29, 0.717) is 5.56 Å². The van der Waals surface area contributed by atoms with Crippen LogP contribution in [-0.4, -0.2) is 20.4 Å². The van der Waals surface area contributed by atoms with Crippen molar-refractivity contribution in [1.82, 2.24) is 0 Å². The van der Waals surface area contributed by atoms with Gasteiger partial charge < -0.3 is 4.90 Å². The molecule has 0 aromatic heterocycles. The number of anilines is 2. The second kappa shape index (κ2) is 7.65. The molecule has 1 heterocycles. The molecule has 3 aromatic rings. The van der Waals surface area contributed by atoms with Gasteiger partial charge in [0.1, 0.15) is 0 Å². The van der Waals surface area contributed by atoms with Crippen molar-refractivity contribution in [1.29, 1.82) is 0 Å². The minimum atomic E-state index is -3.83. The number of sulfonamides is 1. The largest absolute Gasteiger partial charge is 0.305 e. The Morgan fingerprint density at radius 1 is 1.00 bits per heavy atom. The highest BCUT2D eigenvalue weighted by atomic mass is 79.9. The summed E-state index contributed by atoms with van der Waals surface area (Å²) in [4.78, 5) is 15.3. The number of fused-ring (bicyclic) bond motifs is 1. The van der Waals surface area contributed by atoms with Crippen molar-refractivity contribution < 1.29 is 13.2 Å². The zero-order valence-electron chi connectivity index (χ0n) is 15.7. The SMILES string of the molecule is C[C@H]1Cc2ccccc2N1C(=O)c1ccccc1NS(=O)(=O)c1ccc(Br)cc1. The van der Waals surface area contributed by atoms with Gasteiger partial charge >= 0.3 is 0 Å². The second-order valence-electron chi connectivity index (χ2n) is 6.96. The lowest BCUT2D eigenvalue weighted by Gasteiger charge is -2.24. The van der Waals surface area contributed by atoms with E-state index >= 15 is 0 Å². The number of halogens is 1. The molecular formula is C22H19BrN2O3S. The molecule has 0 aliphatic carbocycles. The van der Waals surface area contributed by atoms with Crippen LogP contribution in [0.1, 0.15) is 22.8 Å². The van der Waals surface area contributed by atoms with E-state index in [1.807, 2.05) is 31.2 Å². The van der Waals surface area contributed by atoms with Crippen LogP contribution in [-0.2, 0) is 16.4 Å². The second-order valence-corrected chi connectivity index (χ2v) is 9.56. The molecule has 0 fully saturated rings. The lowest BCUT2D eigenvalue weighted by molar-refractivity contribution is 0.0982. The Morgan fingerprint density at radius 2 is 1.66 bits per heavy atom. The van der Waals surface area contributed by atoms with Crippen molar-refractivity contribution in [2.24, 2.45) is 0 Å². The van der Waals surface area contributed by atoms with Crippen LogP contribution in [0, 0.1) is 0 Å². The van der Waals surface area contributed by atoms with Crippen molar-refractivity contribution in [3.05, 3.63) is 88.4 Å². The molecule has 3 aromatic carbocycles. The molecule has 0 bridgehead atoms. The Morgan fingerprint density at radius 3 is 2.41 bits per heavy atom. The predicted octanol–water partition coefficient (Wildman–Crippen LogP) is 4.84. The molecule has 0 saturated heterocycles. The highest BCUT2D eigenvalue weighted by molar-refractivity contribution is 9.10. The van der Waals surface area contributed by atoms with E-state index in [4.69, 9.17) is 0 Å². The monoisotopic (exact) mass is 470 g/mol. The first-order chi connectivity index (χ1) is 13.9. The van der Waals surface area contributed by atoms with Gasteiger partial charge in [-0.3, -0.25) is 9.52 Å². The van der Waals surface area contributed by atoms with Crippen LogP contribution in [0.15, 0.2) is 82.2 Å². The minimum absolute atomic E-state index is 0.00367. The lowest BCUT2D eigenvalue weighted by atomic mass is 10.1. The van der Waals surface area contributed by atoms with E-state index < -0.39 is 10.0 Å². The lowest BCUT2D eigenvalue weighted by Crippen LogP contribution is -2.36. The maximum absolute atomic E-state index is 13.4. The number of nitrogens with zero attached hydrogens (tertiary/aromatic N) is 1. The molecule has 1 aliphatic heterocycles. The molecule has 1 amide bonds. The first kappa shape index (κ1) is 19.7. The van der Waals surface area contributed by atoms with Gasteiger partial charge in [-0.05, 0) is 61.4 Å². The van der Waals surface area contributed by atoms with Gasteiger partial charge in [-0.15, -0.1) is 0 Å². The minimum Gasteiger partial charge on any atom is -0.305 e. The number of amides is 1. The standard InChI is InChI=1S/C22H19BrN2O3S/c1-15-14-16-6-2-5-9-21(16)25(15)22(26)19-7-3-4-8-20(19)24-29(27,28)18-12-10-17(23)11-13-18/h2-13,15,24H,14H2,1H3/t15-/m0/s1. The number of carbonyl (C=O) groups excluding carboxylic acids is 1. The van der Waals surface area contributed by atoms with Crippen molar-refractivity contribution in [3.8, 4) is 0 Å². The van der Waals surface area contributed by atoms with Crippen LogP contribution >= 0.6 is 15.9 Å². The molecule has 7 heteroatoms. The number of hydrogen-bond acceptors (Lipinski definition) is 3. The molecule has 5 nitrogen and oxygen atoms in total. The number of carbonyl (C=O) groups is 1. The topological polar surface area (TPSA) is 66.5 Å². The maximum Gasteiger partial charge on any atom is 0.261 e. The van der Waals surface area contributed by atoms with Crippen LogP contribution in [0.5, 0.6) is 0 Å². The molecule has 0 unspecified atom stereocenters. The smallest absolute Gasteiger partial charge is 0.261 e. The van der Waals surface area contributed by atoms with Crippen molar-refractivity contribution in [3.63, 3.8) is 0 Å². The van der Waals surface area contributed by atoms with Gasteiger partial charge in [0.2, 0.25) is 0 Å². The summed E-state index contributed by atoms with van der Waals surface area (Å²) in [5, 5.41) is 0. The number of nitrogens with one attached hydrogen (secondary N) is 1. The van der Waals surface area contributed by atoms with Crippen LogP contribution < -0.4 is 9.62 Å². The molecule has 0 radical (unpaired) electrons. The van der Waals surface area contributed by atoms with Gasteiger partial charge in [-0.2, -0.15) is 0 Å². The summed E-state index contributed by atoms with van der Waals surface area (Å²) in [6.07, 6.45) is 0.773.